The molecule has 2 heterocycles. The Labute approximate surface area is 110 Å². The van der Waals surface area contributed by atoms with E-state index >= 15 is 0 Å². The average Bonchev–Trinajstić information content (AvgIpc) is 2.40. The van der Waals surface area contributed by atoms with Gasteiger partial charge in [0, 0.05) is 32.2 Å². The van der Waals surface area contributed by atoms with Crippen molar-refractivity contribution in [3.8, 4) is 0 Å². The van der Waals surface area contributed by atoms with E-state index in [1.807, 2.05) is 4.90 Å². The maximum absolute atomic E-state index is 12.4. The summed E-state index contributed by atoms with van der Waals surface area (Å²) in [5.41, 5.74) is 0.448. The topological polar surface area (TPSA) is 44.4 Å². The van der Waals surface area contributed by atoms with Crippen LogP contribution in [0.15, 0.2) is 0 Å². The summed E-state index contributed by atoms with van der Waals surface area (Å²) in [7, 11) is 0. The minimum atomic E-state index is -0.0211. The number of piperidine rings is 1. The monoisotopic (exact) mass is 253 g/mol. The lowest BCUT2D eigenvalue weighted by Crippen LogP contribution is -2.60. The number of carbonyl (C=O) groups excluding carboxylic acids is 1. The lowest BCUT2D eigenvalue weighted by atomic mass is 9.78. The highest BCUT2D eigenvalue weighted by molar-refractivity contribution is 5.82. The van der Waals surface area contributed by atoms with Gasteiger partial charge in [0.25, 0.3) is 0 Å². The number of rotatable bonds is 2. The van der Waals surface area contributed by atoms with Gasteiger partial charge in [-0.1, -0.05) is 20.3 Å². The van der Waals surface area contributed by atoms with Crippen molar-refractivity contribution in [2.75, 3.05) is 26.2 Å². The molecule has 2 N–H and O–H groups in total. The highest BCUT2D eigenvalue weighted by Gasteiger charge is 2.33. The smallest absolute Gasteiger partial charge is 0.241 e. The molecule has 0 aromatic carbocycles. The molecule has 2 rings (SSSR count). The van der Waals surface area contributed by atoms with Crippen molar-refractivity contribution in [1.82, 2.24) is 15.5 Å². The minimum absolute atomic E-state index is 0.0211. The number of nitrogens with zero attached hydrogens (tertiary/aromatic N) is 1. The quantitative estimate of drug-likeness (QED) is 0.771. The predicted octanol–water partition coefficient (Wildman–Crippen LogP) is 0.975. The van der Waals surface area contributed by atoms with Crippen molar-refractivity contribution in [1.29, 1.82) is 0 Å². The van der Waals surface area contributed by atoms with Gasteiger partial charge in [0.05, 0.1) is 6.04 Å². The van der Waals surface area contributed by atoms with Gasteiger partial charge in [-0.05, 0) is 25.2 Å². The maximum atomic E-state index is 12.4. The standard InChI is InChI=1S/C14H27N3O/c1-4-14(3)5-7-17(8-6-14)13(18)12-10-15-11(2)9-16-12/h11-12,15-16H,4-10H2,1-3H3. The third-order valence-electron chi connectivity index (χ3n) is 4.77. The van der Waals surface area contributed by atoms with Crippen LogP contribution in [0.25, 0.3) is 0 Å². The van der Waals surface area contributed by atoms with E-state index in [1.165, 1.54) is 6.42 Å². The van der Waals surface area contributed by atoms with Gasteiger partial charge in [0.15, 0.2) is 0 Å². The van der Waals surface area contributed by atoms with Gasteiger partial charge in [0.1, 0.15) is 0 Å². The molecule has 18 heavy (non-hydrogen) atoms. The van der Waals surface area contributed by atoms with E-state index in [0.29, 0.717) is 11.5 Å². The molecule has 0 aromatic rings. The normalized spacial score (nSPS) is 32.3. The van der Waals surface area contributed by atoms with E-state index in [4.69, 9.17) is 0 Å². The van der Waals surface area contributed by atoms with Gasteiger partial charge in [0.2, 0.25) is 5.91 Å². The zero-order chi connectivity index (χ0) is 13.2. The number of amides is 1. The molecule has 2 fully saturated rings. The van der Waals surface area contributed by atoms with Gasteiger partial charge < -0.3 is 15.5 Å². The van der Waals surface area contributed by atoms with Crippen molar-refractivity contribution < 1.29 is 4.79 Å². The molecule has 4 heteroatoms. The highest BCUT2D eigenvalue weighted by Crippen LogP contribution is 2.34. The predicted molar refractivity (Wildman–Crippen MR) is 73.5 cm³/mol. The molecular formula is C14H27N3O. The third-order valence-corrected chi connectivity index (χ3v) is 4.77. The Morgan fingerprint density at radius 2 is 1.94 bits per heavy atom. The number of likely N-dealkylation sites (tertiary alicyclic amines) is 1. The van der Waals surface area contributed by atoms with Crippen LogP contribution in [-0.4, -0.2) is 49.1 Å². The molecule has 2 saturated heterocycles. The van der Waals surface area contributed by atoms with Gasteiger partial charge in [-0.2, -0.15) is 0 Å². The van der Waals surface area contributed by atoms with Crippen LogP contribution in [0.5, 0.6) is 0 Å². The van der Waals surface area contributed by atoms with Crippen molar-refractivity contribution in [2.45, 2.75) is 52.1 Å². The summed E-state index contributed by atoms with van der Waals surface area (Å²) in [6.07, 6.45) is 3.51. The fraction of sp³-hybridized carbons (Fsp3) is 0.929. The molecule has 104 valence electrons. The molecule has 2 aliphatic rings. The Kier molecular flexibility index (Phi) is 4.28. The summed E-state index contributed by atoms with van der Waals surface area (Å²) < 4.78 is 0. The van der Waals surface area contributed by atoms with Crippen LogP contribution in [0.2, 0.25) is 0 Å². The molecule has 0 saturated carbocycles. The van der Waals surface area contributed by atoms with Gasteiger partial charge in [-0.25, -0.2) is 0 Å². The zero-order valence-corrected chi connectivity index (χ0v) is 12.0. The van der Waals surface area contributed by atoms with Crippen LogP contribution >= 0.6 is 0 Å². The molecule has 0 spiro atoms. The molecule has 0 bridgehead atoms. The van der Waals surface area contributed by atoms with E-state index < -0.39 is 0 Å². The summed E-state index contributed by atoms with van der Waals surface area (Å²) in [5.74, 6) is 0.285. The molecule has 2 atom stereocenters. The molecule has 0 aromatic heterocycles. The summed E-state index contributed by atoms with van der Waals surface area (Å²) in [4.78, 5) is 14.4. The number of nitrogens with one attached hydrogen (secondary N) is 2. The zero-order valence-electron chi connectivity index (χ0n) is 12.0. The van der Waals surface area contributed by atoms with Crippen molar-refractivity contribution in [3.63, 3.8) is 0 Å². The van der Waals surface area contributed by atoms with Crippen molar-refractivity contribution in [2.24, 2.45) is 5.41 Å². The van der Waals surface area contributed by atoms with Gasteiger partial charge in [-0.3, -0.25) is 4.79 Å². The van der Waals surface area contributed by atoms with E-state index in [1.54, 1.807) is 0 Å². The van der Waals surface area contributed by atoms with Gasteiger partial charge in [-0.15, -0.1) is 0 Å². The minimum Gasteiger partial charge on any atom is -0.341 e. The SMILES string of the molecule is CCC1(C)CCN(C(=O)C2CNC(C)CN2)CC1. The Morgan fingerprint density at radius 1 is 1.28 bits per heavy atom. The van der Waals surface area contributed by atoms with Crippen LogP contribution in [0.4, 0.5) is 0 Å². The summed E-state index contributed by atoms with van der Waals surface area (Å²) in [6.45, 7) is 10.2. The molecule has 0 radical (unpaired) electrons. The number of hydrogen-bond donors (Lipinski definition) is 2. The molecule has 4 nitrogen and oxygen atoms in total. The Balaban J connectivity index is 1.84. The molecular weight excluding hydrogens is 226 g/mol. The second-order valence-electron chi connectivity index (χ2n) is 6.26. The van der Waals surface area contributed by atoms with E-state index in [2.05, 4.69) is 31.4 Å². The average molecular weight is 253 g/mol. The van der Waals surface area contributed by atoms with Crippen LogP contribution in [-0.2, 0) is 4.79 Å². The molecule has 1 amide bonds. The first kappa shape index (κ1) is 13.8. The van der Waals surface area contributed by atoms with E-state index in [0.717, 1.165) is 39.0 Å². The largest absolute Gasteiger partial charge is 0.341 e. The Hall–Kier alpha value is -0.610. The van der Waals surface area contributed by atoms with Crippen LogP contribution in [0.3, 0.4) is 0 Å². The van der Waals surface area contributed by atoms with Crippen LogP contribution in [0, 0.1) is 5.41 Å². The fourth-order valence-electron chi connectivity index (χ4n) is 2.80. The van der Waals surface area contributed by atoms with Crippen molar-refractivity contribution >= 4 is 5.91 Å². The summed E-state index contributed by atoms with van der Waals surface area (Å²) >= 11 is 0. The summed E-state index contributed by atoms with van der Waals surface area (Å²) in [5, 5.41) is 6.72. The Bertz CT molecular complexity index is 289. The second kappa shape index (κ2) is 5.57. The van der Waals surface area contributed by atoms with Crippen LogP contribution < -0.4 is 10.6 Å². The third kappa shape index (κ3) is 3.04. The molecule has 2 unspecified atom stereocenters. The van der Waals surface area contributed by atoms with E-state index in [9.17, 15) is 4.79 Å². The number of hydrogen-bond acceptors (Lipinski definition) is 3. The second-order valence-corrected chi connectivity index (χ2v) is 6.26. The molecule has 2 aliphatic heterocycles. The van der Waals surface area contributed by atoms with Crippen LogP contribution in [0.1, 0.15) is 40.0 Å². The first-order chi connectivity index (χ1) is 8.54. The number of piperazine rings is 1. The lowest BCUT2D eigenvalue weighted by Gasteiger charge is -2.41. The van der Waals surface area contributed by atoms with Crippen molar-refractivity contribution in [3.05, 3.63) is 0 Å². The first-order valence-corrected chi connectivity index (χ1v) is 7.29. The number of carbonyl (C=O) groups is 1. The Morgan fingerprint density at radius 3 is 2.44 bits per heavy atom. The maximum Gasteiger partial charge on any atom is 0.241 e. The fourth-order valence-corrected chi connectivity index (χ4v) is 2.80. The first-order valence-electron chi connectivity index (χ1n) is 7.29. The molecule has 0 aliphatic carbocycles. The van der Waals surface area contributed by atoms with Gasteiger partial charge >= 0.3 is 0 Å². The lowest BCUT2D eigenvalue weighted by molar-refractivity contribution is -0.136. The summed E-state index contributed by atoms with van der Waals surface area (Å²) in [6, 6.07) is 0.450. The highest BCUT2D eigenvalue weighted by atomic mass is 16.2. The van der Waals surface area contributed by atoms with E-state index in [-0.39, 0.29) is 11.9 Å².